The van der Waals surface area contributed by atoms with Crippen LogP contribution in [0.4, 0.5) is 15.9 Å². The summed E-state index contributed by atoms with van der Waals surface area (Å²) in [5.74, 6) is 0.413. The number of thiazole rings is 1. The molecule has 3 aromatic rings. The standard InChI is InChI=1S/C20H17FN2O3S/c1-22-19-18(27-20(22)25)15(14-5-3-4-6-16(14)26-2)11-17(24)23(19)13-9-7-12(21)8-10-13/h3-10,15H,11H2,1-2H3/t15-/m1/s1. The van der Waals surface area contributed by atoms with Crippen molar-refractivity contribution in [1.82, 2.24) is 4.57 Å². The summed E-state index contributed by atoms with van der Waals surface area (Å²) in [6, 6.07) is 13.2. The largest absolute Gasteiger partial charge is 0.496 e. The van der Waals surface area contributed by atoms with Gasteiger partial charge < -0.3 is 4.74 Å². The zero-order chi connectivity index (χ0) is 19.1. The fourth-order valence-electron chi connectivity index (χ4n) is 3.49. The van der Waals surface area contributed by atoms with Gasteiger partial charge in [-0.05, 0) is 30.3 Å². The second-order valence-corrected chi connectivity index (χ2v) is 7.31. The number of para-hydroxylation sites is 1. The van der Waals surface area contributed by atoms with Crippen LogP contribution in [0, 0.1) is 5.82 Å². The van der Waals surface area contributed by atoms with E-state index < -0.39 is 0 Å². The summed E-state index contributed by atoms with van der Waals surface area (Å²) in [7, 11) is 3.23. The van der Waals surface area contributed by atoms with Gasteiger partial charge >= 0.3 is 4.87 Å². The third-order valence-corrected chi connectivity index (χ3v) is 5.90. The molecule has 1 aliphatic rings. The summed E-state index contributed by atoms with van der Waals surface area (Å²) in [5, 5.41) is 0. The zero-order valence-electron chi connectivity index (χ0n) is 14.8. The van der Waals surface area contributed by atoms with Gasteiger partial charge in [0.15, 0.2) is 0 Å². The monoisotopic (exact) mass is 384 g/mol. The maximum absolute atomic E-state index is 13.3. The fraction of sp³-hybridized carbons (Fsp3) is 0.200. The lowest BCUT2D eigenvalue weighted by Crippen LogP contribution is -2.34. The number of fused-ring (bicyclic) bond motifs is 1. The number of anilines is 2. The van der Waals surface area contributed by atoms with E-state index in [9.17, 15) is 14.0 Å². The number of amides is 1. The Bertz CT molecular complexity index is 1070. The molecule has 0 saturated carbocycles. The molecule has 0 spiro atoms. The van der Waals surface area contributed by atoms with Gasteiger partial charge in [-0.15, -0.1) is 0 Å². The average Bonchev–Trinajstić information content (AvgIpc) is 2.97. The van der Waals surface area contributed by atoms with Crippen LogP contribution >= 0.6 is 11.3 Å². The third-order valence-electron chi connectivity index (χ3n) is 4.76. The number of hydrogen-bond acceptors (Lipinski definition) is 4. The molecule has 1 aromatic heterocycles. The lowest BCUT2D eigenvalue weighted by molar-refractivity contribution is -0.118. The van der Waals surface area contributed by atoms with Crippen LogP contribution in [0.3, 0.4) is 0 Å². The molecule has 27 heavy (non-hydrogen) atoms. The highest BCUT2D eigenvalue weighted by Crippen LogP contribution is 2.46. The molecule has 5 nitrogen and oxygen atoms in total. The van der Waals surface area contributed by atoms with E-state index in [2.05, 4.69) is 0 Å². The molecule has 0 saturated heterocycles. The second-order valence-electron chi connectivity index (χ2n) is 6.32. The van der Waals surface area contributed by atoms with Gasteiger partial charge in [-0.2, -0.15) is 0 Å². The lowest BCUT2D eigenvalue weighted by atomic mass is 9.89. The summed E-state index contributed by atoms with van der Waals surface area (Å²) in [6.45, 7) is 0. The van der Waals surface area contributed by atoms with Gasteiger partial charge in [0.1, 0.15) is 17.4 Å². The van der Waals surface area contributed by atoms with Crippen LogP contribution in [-0.4, -0.2) is 17.6 Å². The van der Waals surface area contributed by atoms with Crippen LogP contribution in [0.25, 0.3) is 0 Å². The molecule has 138 valence electrons. The molecule has 7 heteroatoms. The van der Waals surface area contributed by atoms with Gasteiger partial charge in [-0.1, -0.05) is 29.5 Å². The molecule has 1 aliphatic heterocycles. The number of halogens is 1. The van der Waals surface area contributed by atoms with Gasteiger partial charge in [-0.3, -0.25) is 19.1 Å². The number of carbonyl (C=O) groups is 1. The van der Waals surface area contributed by atoms with Gasteiger partial charge in [0.2, 0.25) is 5.91 Å². The summed E-state index contributed by atoms with van der Waals surface area (Å²) in [4.78, 5) is 27.6. The van der Waals surface area contributed by atoms with E-state index >= 15 is 0 Å². The highest BCUT2D eigenvalue weighted by Gasteiger charge is 2.38. The van der Waals surface area contributed by atoms with Crippen molar-refractivity contribution in [3.8, 4) is 5.75 Å². The van der Waals surface area contributed by atoms with E-state index in [4.69, 9.17) is 4.74 Å². The van der Waals surface area contributed by atoms with Crippen LogP contribution in [0.15, 0.2) is 53.3 Å². The van der Waals surface area contributed by atoms with Crippen molar-refractivity contribution in [2.75, 3.05) is 12.0 Å². The van der Waals surface area contributed by atoms with Gasteiger partial charge in [0.05, 0.1) is 17.7 Å². The maximum atomic E-state index is 13.3. The highest BCUT2D eigenvalue weighted by molar-refractivity contribution is 7.10. The molecule has 0 unspecified atom stereocenters. The van der Waals surface area contributed by atoms with Crippen molar-refractivity contribution in [3.05, 3.63) is 74.5 Å². The number of ether oxygens (including phenoxy) is 1. The van der Waals surface area contributed by atoms with E-state index in [1.165, 1.54) is 21.6 Å². The van der Waals surface area contributed by atoms with E-state index in [0.29, 0.717) is 17.3 Å². The molecule has 0 aliphatic carbocycles. The van der Waals surface area contributed by atoms with Gasteiger partial charge in [0.25, 0.3) is 0 Å². The summed E-state index contributed by atoms with van der Waals surface area (Å²) < 4.78 is 20.3. The Balaban J connectivity index is 1.91. The maximum Gasteiger partial charge on any atom is 0.308 e. The van der Waals surface area contributed by atoms with Crippen molar-refractivity contribution in [1.29, 1.82) is 0 Å². The van der Waals surface area contributed by atoms with Gasteiger partial charge in [-0.25, -0.2) is 4.39 Å². The molecule has 0 N–H and O–H groups in total. The first-order chi connectivity index (χ1) is 13.0. The molecule has 1 amide bonds. The van der Waals surface area contributed by atoms with Crippen molar-refractivity contribution in [2.24, 2.45) is 7.05 Å². The van der Waals surface area contributed by atoms with Crippen LogP contribution in [0.2, 0.25) is 0 Å². The van der Waals surface area contributed by atoms with E-state index in [1.807, 2.05) is 24.3 Å². The number of aromatic nitrogens is 1. The van der Waals surface area contributed by atoms with Crippen LogP contribution in [0.5, 0.6) is 5.75 Å². The Kier molecular flexibility index (Phi) is 4.31. The minimum Gasteiger partial charge on any atom is -0.496 e. The van der Waals surface area contributed by atoms with E-state index in [-0.39, 0.29) is 28.9 Å². The quantitative estimate of drug-likeness (QED) is 0.690. The predicted octanol–water partition coefficient (Wildman–Crippen LogP) is 3.79. The molecule has 2 aromatic carbocycles. The Hall–Kier alpha value is -2.93. The molecule has 0 bridgehead atoms. The average molecular weight is 384 g/mol. The van der Waals surface area contributed by atoms with Crippen LogP contribution < -0.4 is 14.5 Å². The van der Waals surface area contributed by atoms with Crippen LogP contribution in [-0.2, 0) is 11.8 Å². The molecule has 2 heterocycles. The van der Waals surface area contributed by atoms with Crippen molar-refractivity contribution in [3.63, 3.8) is 0 Å². The number of nitrogens with zero attached hydrogens (tertiary/aromatic N) is 2. The minimum absolute atomic E-state index is 0.151. The predicted molar refractivity (Wildman–Crippen MR) is 103 cm³/mol. The Morgan fingerprint density at radius 3 is 2.52 bits per heavy atom. The molecule has 4 rings (SSSR count). The first kappa shape index (κ1) is 17.5. The number of rotatable bonds is 3. The number of benzene rings is 2. The van der Waals surface area contributed by atoms with Crippen molar-refractivity contribution in [2.45, 2.75) is 12.3 Å². The van der Waals surface area contributed by atoms with E-state index in [1.54, 1.807) is 26.3 Å². The first-order valence-corrected chi connectivity index (χ1v) is 9.24. The summed E-state index contributed by atoms with van der Waals surface area (Å²) >= 11 is 1.13. The van der Waals surface area contributed by atoms with Crippen molar-refractivity contribution >= 4 is 28.7 Å². The topological polar surface area (TPSA) is 51.5 Å². The number of hydrogen-bond donors (Lipinski definition) is 0. The first-order valence-electron chi connectivity index (χ1n) is 8.42. The molecule has 0 fully saturated rings. The Morgan fingerprint density at radius 1 is 1.11 bits per heavy atom. The molecule has 1 atom stereocenters. The summed E-state index contributed by atoms with van der Waals surface area (Å²) in [6.07, 6.45) is 0.199. The van der Waals surface area contributed by atoms with Crippen molar-refractivity contribution < 1.29 is 13.9 Å². The molecule has 0 radical (unpaired) electrons. The van der Waals surface area contributed by atoms with Crippen LogP contribution in [0.1, 0.15) is 22.8 Å². The Morgan fingerprint density at radius 2 is 1.81 bits per heavy atom. The molecular formula is C20H17FN2O3S. The lowest BCUT2D eigenvalue weighted by Gasteiger charge is -2.32. The number of carbonyl (C=O) groups excluding carboxylic acids is 1. The number of methoxy groups -OCH3 is 1. The second kappa shape index (κ2) is 6.66. The fourth-order valence-corrected chi connectivity index (χ4v) is 4.57. The molecular weight excluding hydrogens is 367 g/mol. The normalized spacial score (nSPS) is 16.3. The van der Waals surface area contributed by atoms with E-state index in [0.717, 1.165) is 21.8 Å². The highest BCUT2D eigenvalue weighted by atomic mass is 32.1. The SMILES string of the molecule is COc1ccccc1[C@H]1CC(=O)N(c2ccc(F)cc2)c2c1sc(=O)n2C. The summed E-state index contributed by atoms with van der Waals surface area (Å²) in [5.41, 5.74) is 1.41. The smallest absolute Gasteiger partial charge is 0.308 e. The zero-order valence-corrected chi connectivity index (χ0v) is 15.6. The Labute approximate surface area is 159 Å². The third kappa shape index (κ3) is 2.84. The minimum atomic E-state index is -0.380. The van der Waals surface area contributed by atoms with Gasteiger partial charge in [0, 0.05) is 24.9 Å².